The maximum Gasteiger partial charge on any atom is 0.504 e. The zero-order valence-electron chi connectivity index (χ0n) is 16.7. The Morgan fingerprint density at radius 1 is 0.852 bits per heavy atom. The minimum atomic E-state index is -4.36. The lowest BCUT2D eigenvalue weighted by molar-refractivity contribution is -0.247. The van der Waals surface area contributed by atoms with Crippen LogP contribution in [0.4, 0.5) is 8.78 Å². The van der Waals surface area contributed by atoms with Gasteiger partial charge in [-0.15, -0.1) is 0 Å². The number of ether oxygens (including phenoxy) is 3. The highest BCUT2D eigenvalue weighted by atomic mass is 19.3. The van der Waals surface area contributed by atoms with Gasteiger partial charge in [0, 0.05) is 0 Å². The quantitative estimate of drug-likeness (QED) is 0.372. The lowest BCUT2D eigenvalue weighted by atomic mass is 9.69. The molecule has 1 aliphatic rings. The number of esters is 3. The van der Waals surface area contributed by atoms with Crippen molar-refractivity contribution >= 4 is 17.9 Å². The summed E-state index contributed by atoms with van der Waals surface area (Å²) in [6.45, 7) is 8.11. The molecule has 6 nitrogen and oxygen atoms in total. The summed E-state index contributed by atoms with van der Waals surface area (Å²) < 4.78 is 40.9. The van der Waals surface area contributed by atoms with E-state index in [9.17, 15) is 23.2 Å². The van der Waals surface area contributed by atoms with E-state index >= 15 is 0 Å². The summed E-state index contributed by atoms with van der Waals surface area (Å²) in [6, 6.07) is 0. The Kier molecular flexibility index (Phi) is 7.75. The average Bonchev–Trinajstić information content (AvgIpc) is 2.57. The van der Waals surface area contributed by atoms with Crippen molar-refractivity contribution in [1.29, 1.82) is 0 Å². The van der Waals surface area contributed by atoms with Crippen molar-refractivity contribution in [3.05, 3.63) is 0 Å². The molecule has 0 heterocycles. The van der Waals surface area contributed by atoms with E-state index in [-0.39, 0.29) is 12.0 Å². The van der Waals surface area contributed by atoms with Crippen LogP contribution in [-0.4, -0.2) is 37.2 Å². The number of rotatable bonds is 7. The molecule has 0 radical (unpaired) electrons. The summed E-state index contributed by atoms with van der Waals surface area (Å²) in [4.78, 5) is 35.3. The second-order valence-electron chi connectivity index (χ2n) is 8.42. The van der Waals surface area contributed by atoms with Crippen LogP contribution in [-0.2, 0) is 28.6 Å². The van der Waals surface area contributed by atoms with E-state index in [1.54, 1.807) is 13.8 Å². The van der Waals surface area contributed by atoms with Gasteiger partial charge in [0.2, 0.25) is 0 Å². The molecule has 0 spiro atoms. The number of hydrogen-bond donors (Lipinski definition) is 0. The van der Waals surface area contributed by atoms with Crippen LogP contribution in [0.25, 0.3) is 0 Å². The molecule has 0 aromatic rings. The van der Waals surface area contributed by atoms with Crippen molar-refractivity contribution in [2.75, 3.05) is 13.2 Å². The van der Waals surface area contributed by atoms with Gasteiger partial charge in [-0.3, -0.25) is 9.59 Å². The fraction of sp³-hybridized carbons (Fsp3) is 0.842. The fourth-order valence-electron chi connectivity index (χ4n) is 2.43. The van der Waals surface area contributed by atoms with Crippen molar-refractivity contribution in [2.24, 2.45) is 16.7 Å². The SMILES string of the molecule is CC(C)(C)C(C)(C)C(=O)OCCOC(=O)C(F)(F)OC(=O)C1CCCCC1. The molecule has 0 aliphatic heterocycles. The highest BCUT2D eigenvalue weighted by Gasteiger charge is 2.47. The molecule has 156 valence electrons. The average molecular weight is 392 g/mol. The van der Waals surface area contributed by atoms with Gasteiger partial charge < -0.3 is 14.2 Å². The number of hydrogen-bond acceptors (Lipinski definition) is 6. The molecule has 0 bridgehead atoms. The van der Waals surface area contributed by atoms with Crippen LogP contribution in [0.3, 0.4) is 0 Å². The van der Waals surface area contributed by atoms with Crippen molar-refractivity contribution in [3.63, 3.8) is 0 Å². The largest absolute Gasteiger partial charge is 0.504 e. The Morgan fingerprint density at radius 3 is 1.81 bits per heavy atom. The van der Waals surface area contributed by atoms with Gasteiger partial charge in [0.15, 0.2) is 0 Å². The molecule has 0 amide bonds. The monoisotopic (exact) mass is 392 g/mol. The first-order valence-corrected chi connectivity index (χ1v) is 9.24. The van der Waals surface area contributed by atoms with E-state index in [4.69, 9.17) is 4.74 Å². The van der Waals surface area contributed by atoms with E-state index < -0.39 is 42.0 Å². The summed E-state index contributed by atoms with van der Waals surface area (Å²) >= 11 is 0. The molecule has 0 N–H and O–H groups in total. The topological polar surface area (TPSA) is 78.9 Å². The van der Waals surface area contributed by atoms with Crippen LogP contribution in [0, 0.1) is 16.7 Å². The first kappa shape index (κ1) is 23.3. The number of carbonyl (C=O) groups is 3. The van der Waals surface area contributed by atoms with E-state index in [0.717, 1.165) is 19.3 Å². The summed E-state index contributed by atoms with van der Waals surface area (Å²) in [5.41, 5.74) is -1.18. The third kappa shape index (κ3) is 6.43. The van der Waals surface area contributed by atoms with Crippen LogP contribution in [0.5, 0.6) is 0 Å². The fourth-order valence-corrected chi connectivity index (χ4v) is 2.43. The normalized spacial score (nSPS) is 16.6. The molecular formula is C19H30F2O6. The Labute approximate surface area is 158 Å². The maximum absolute atomic E-state index is 13.7. The summed E-state index contributed by atoms with van der Waals surface area (Å²) in [6.07, 6.45) is -0.915. The standard InChI is InChI=1S/C19H30F2O6/c1-17(2,3)18(4,5)15(23)25-11-12-26-16(24)19(20,21)27-14(22)13-9-7-6-8-10-13/h13H,6-12H2,1-5H3. The molecule has 1 fully saturated rings. The molecule has 0 atom stereocenters. The Balaban J connectivity index is 2.42. The molecule has 0 unspecified atom stereocenters. The summed E-state index contributed by atoms with van der Waals surface area (Å²) in [5.74, 6) is -4.20. The van der Waals surface area contributed by atoms with Crippen LogP contribution >= 0.6 is 0 Å². The lowest BCUT2D eigenvalue weighted by Gasteiger charge is -2.36. The summed E-state index contributed by atoms with van der Waals surface area (Å²) in [5, 5.41) is 0. The van der Waals surface area contributed by atoms with Crippen LogP contribution in [0.2, 0.25) is 0 Å². The molecule has 8 heteroatoms. The van der Waals surface area contributed by atoms with Gasteiger partial charge in [0.25, 0.3) is 0 Å². The first-order chi connectivity index (χ1) is 12.3. The van der Waals surface area contributed by atoms with Crippen molar-refractivity contribution in [2.45, 2.75) is 72.8 Å². The predicted molar refractivity (Wildman–Crippen MR) is 92.8 cm³/mol. The molecule has 1 aliphatic carbocycles. The highest BCUT2D eigenvalue weighted by molar-refractivity contribution is 5.81. The van der Waals surface area contributed by atoms with Crippen molar-refractivity contribution < 1.29 is 37.4 Å². The van der Waals surface area contributed by atoms with Gasteiger partial charge >= 0.3 is 24.0 Å². The molecule has 1 saturated carbocycles. The highest BCUT2D eigenvalue weighted by Crippen LogP contribution is 2.38. The van der Waals surface area contributed by atoms with E-state index in [1.807, 2.05) is 20.8 Å². The predicted octanol–water partition coefficient (Wildman–Crippen LogP) is 3.86. The zero-order chi connectivity index (χ0) is 20.9. The van der Waals surface area contributed by atoms with Crippen molar-refractivity contribution in [3.8, 4) is 0 Å². The molecule has 0 aromatic carbocycles. The van der Waals surface area contributed by atoms with Gasteiger partial charge in [0.05, 0.1) is 11.3 Å². The smallest absolute Gasteiger partial charge is 0.462 e. The van der Waals surface area contributed by atoms with E-state index in [1.165, 1.54) is 0 Å². The molecule has 0 aromatic heterocycles. The second kappa shape index (κ2) is 8.97. The Morgan fingerprint density at radius 2 is 1.33 bits per heavy atom. The van der Waals surface area contributed by atoms with E-state index in [0.29, 0.717) is 12.8 Å². The lowest BCUT2D eigenvalue weighted by Crippen LogP contribution is -2.40. The minimum absolute atomic E-state index is 0.364. The van der Waals surface area contributed by atoms with Gasteiger partial charge in [0.1, 0.15) is 13.2 Å². The molecular weight excluding hydrogens is 362 g/mol. The van der Waals surface area contributed by atoms with Crippen LogP contribution in [0.15, 0.2) is 0 Å². The first-order valence-electron chi connectivity index (χ1n) is 9.24. The van der Waals surface area contributed by atoms with E-state index in [2.05, 4.69) is 9.47 Å². The van der Waals surface area contributed by atoms with Crippen molar-refractivity contribution in [1.82, 2.24) is 0 Å². The van der Waals surface area contributed by atoms with Gasteiger partial charge in [-0.2, -0.15) is 8.78 Å². The number of alkyl halides is 2. The zero-order valence-corrected chi connectivity index (χ0v) is 16.7. The maximum atomic E-state index is 13.7. The van der Waals surface area contributed by atoms with Gasteiger partial charge in [-0.05, 0) is 32.1 Å². The third-order valence-electron chi connectivity index (χ3n) is 5.34. The number of halogens is 2. The molecule has 27 heavy (non-hydrogen) atoms. The second-order valence-corrected chi connectivity index (χ2v) is 8.42. The summed E-state index contributed by atoms with van der Waals surface area (Å²) in [7, 11) is 0. The van der Waals surface area contributed by atoms with Crippen LogP contribution in [0.1, 0.15) is 66.7 Å². The molecule has 0 saturated heterocycles. The Hall–Kier alpha value is -1.73. The Bertz CT molecular complexity index is 545. The number of carbonyl (C=O) groups excluding carboxylic acids is 3. The third-order valence-corrected chi connectivity index (χ3v) is 5.34. The molecule has 1 rings (SSSR count). The van der Waals surface area contributed by atoms with Gasteiger partial charge in [-0.25, -0.2) is 4.79 Å². The van der Waals surface area contributed by atoms with Crippen LogP contribution < -0.4 is 0 Å². The van der Waals surface area contributed by atoms with Gasteiger partial charge in [-0.1, -0.05) is 40.0 Å². The minimum Gasteiger partial charge on any atom is -0.462 e.